The fourth-order valence-electron chi connectivity index (χ4n) is 1.73. The van der Waals surface area contributed by atoms with Gasteiger partial charge in [-0.1, -0.05) is 18.2 Å². The van der Waals surface area contributed by atoms with E-state index in [9.17, 15) is 9.90 Å². The average Bonchev–Trinajstić information content (AvgIpc) is 2.85. The lowest BCUT2D eigenvalue weighted by Gasteiger charge is -2.03. The van der Waals surface area contributed by atoms with Crippen molar-refractivity contribution in [3.05, 3.63) is 47.7 Å². The molecule has 0 unspecified atom stereocenters. The van der Waals surface area contributed by atoms with Crippen LogP contribution >= 0.6 is 0 Å². The molecule has 0 radical (unpaired) electrons. The van der Waals surface area contributed by atoms with Gasteiger partial charge in [-0.3, -0.25) is 0 Å². The van der Waals surface area contributed by atoms with E-state index in [4.69, 9.17) is 4.42 Å². The first kappa shape index (κ1) is 12.4. The number of quaternary nitrogens is 1. The van der Waals surface area contributed by atoms with Gasteiger partial charge in [-0.15, -0.1) is 0 Å². The predicted molar refractivity (Wildman–Crippen MR) is 64.6 cm³/mol. The highest BCUT2D eigenvalue weighted by molar-refractivity contribution is 5.87. The van der Waals surface area contributed by atoms with Crippen molar-refractivity contribution in [2.75, 3.05) is 6.54 Å². The van der Waals surface area contributed by atoms with Crippen LogP contribution in [0.5, 0.6) is 0 Å². The van der Waals surface area contributed by atoms with Crippen molar-refractivity contribution in [1.82, 2.24) is 0 Å². The Hall–Kier alpha value is -2.07. The summed E-state index contributed by atoms with van der Waals surface area (Å²) in [6, 6.07) is 10.3. The summed E-state index contributed by atoms with van der Waals surface area (Å²) in [5.41, 5.74) is 0.907. The fraction of sp³-hybridized carbons (Fsp3) is 0.214. The highest BCUT2D eigenvalue weighted by Gasteiger charge is 2.06. The summed E-state index contributed by atoms with van der Waals surface area (Å²) in [4.78, 5) is 10.8. The van der Waals surface area contributed by atoms with E-state index in [2.05, 4.69) is 12.2 Å². The molecular formula is C14H15NO3. The lowest BCUT2D eigenvalue weighted by Crippen LogP contribution is -2.81. The van der Waals surface area contributed by atoms with E-state index in [1.165, 1.54) is 6.07 Å². The number of carboxylic acids is 1. The van der Waals surface area contributed by atoms with Crippen LogP contribution in [0.1, 0.15) is 23.0 Å². The van der Waals surface area contributed by atoms with Gasteiger partial charge in [-0.2, -0.15) is 0 Å². The molecule has 2 rings (SSSR count). The molecule has 1 aromatic heterocycles. The van der Waals surface area contributed by atoms with Crippen molar-refractivity contribution in [2.24, 2.45) is 0 Å². The summed E-state index contributed by atoms with van der Waals surface area (Å²) < 4.78 is 5.66. The molecule has 2 N–H and O–H groups in total. The molecule has 0 bridgehead atoms. The van der Waals surface area contributed by atoms with Crippen molar-refractivity contribution < 1.29 is 19.6 Å². The third kappa shape index (κ3) is 2.78. The Morgan fingerprint density at radius 1 is 1.33 bits per heavy atom. The Balaban J connectivity index is 2.23. The van der Waals surface area contributed by atoms with Crippen LogP contribution in [0.4, 0.5) is 0 Å². The molecule has 0 aliphatic rings. The van der Waals surface area contributed by atoms with Crippen molar-refractivity contribution in [2.45, 2.75) is 13.5 Å². The number of aromatic carboxylic acids is 1. The molecule has 18 heavy (non-hydrogen) atoms. The summed E-state index contributed by atoms with van der Waals surface area (Å²) >= 11 is 0. The number of carbonyl (C=O) groups excluding carboxylic acids is 1. The summed E-state index contributed by atoms with van der Waals surface area (Å²) in [7, 11) is 0. The van der Waals surface area contributed by atoms with E-state index in [1.807, 2.05) is 18.2 Å². The van der Waals surface area contributed by atoms with Crippen molar-refractivity contribution in [1.29, 1.82) is 0 Å². The molecule has 1 heterocycles. The van der Waals surface area contributed by atoms with Crippen molar-refractivity contribution in [3.8, 4) is 11.3 Å². The lowest BCUT2D eigenvalue weighted by molar-refractivity contribution is -0.669. The van der Waals surface area contributed by atoms with Crippen LogP contribution in [0.25, 0.3) is 11.3 Å². The summed E-state index contributed by atoms with van der Waals surface area (Å²) in [5.74, 6) is 0.381. The minimum absolute atomic E-state index is 0.158. The van der Waals surface area contributed by atoms with E-state index in [0.29, 0.717) is 5.76 Å². The number of hydrogen-bond acceptors (Lipinski definition) is 3. The smallest absolute Gasteiger partial charge is 0.158 e. The molecule has 0 atom stereocenters. The number of benzene rings is 1. The van der Waals surface area contributed by atoms with Gasteiger partial charge in [0.05, 0.1) is 12.5 Å². The van der Waals surface area contributed by atoms with Gasteiger partial charge < -0.3 is 19.6 Å². The van der Waals surface area contributed by atoms with Crippen LogP contribution < -0.4 is 10.4 Å². The van der Waals surface area contributed by atoms with Gasteiger partial charge in [0.25, 0.3) is 0 Å². The Morgan fingerprint density at radius 3 is 2.89 bits per heavy atom. The van der Waals surface area contributed by atoms with E-state index in [0.717, 1.165) is 24.4 Å². The number of nitrogens with two attached hydrogens (primary N) is 1. The Kier molecular flexibility index (Phi) is 3.79. The topological polar surface area (TPSA) is 69.9 Å². The highest BCUT2D eigenvalue weighted by atomic mass is 16.4. The number of carboxylic acid groups (broad SMARTS) is 1. The highest BCUT2D eigenvalue weighted by Crippen LogP contribution is 2.22. The molecule has 94 valence electrons. The third-order valence-corrected chi connectivity index (χ3v) is 2.68. The van der Waals surface area contributed by atoms with Crippen LogP contribution in [0.15, 0.2) is 40.8 Å². The maximum Gasteiger partial charge on any atom is 0.158 e. The maximum absolute atomic E-state index is 10.8. The van der Waals surface area contributed by atoms with Gasteiger partial charge in [0.15, 0.2) is 5.76 Å². The Morgan fingerprint density at radius 2 is 2.17 bits per heavy atom. The first-order valence-electron chi connectivity index (χ1n) is 5.93. The second kappa shape index (κ2) is 5.51. The minimum Gasteiger partial charge on any atom is -0.545 e. The summed E-state index contributed by atoms with van der Waals surface area (Å²) in [6.07, 6.45) is 0. The predicted octanol–water partition coefficient (Wildman–Crippen LogP) is 0.393. The molecule has 0 aliphatic carbocycles. The molecule has 4 heteroatoms. The van der Waals surface area contributed by atoms with Gasteiger partial charge >= 0.3 is 0 Å². The van der Waals surface area contributed by atoms with Crippen LogP contribution in [0.3, 0.4) is 0 Å². The minimum atomic E-state index is -1.18. The van der Waals surface area contributed by atoms with Crippen molar-refractivity contribution in [3.63, 3.8) is 0 Å². The SMILES string of the molecule is CC[NH2+]Cc1ccc(-c2cccc(C(=O)[O-])c2)o1. The molecule has 2 aromatic rings. The van der Waals surface area contributed by atoms with Gasteiger partial charge in [-0.25, -0.2) is 0 Å². The first-order valence-corrected chi connectivity index (χ1v) is 5.93. The molecule has 0 amide bonds. The number of rotatable bonds is 5. The largest absolute Gasteiger partial charge is 0.545 e. The van der Waals surface area contributed by atoms with Crippen LogP contribution in [0, 0.1) is 0 Å². The zero-order valence-corrected chi connectivity index (χ0v) is 10.2. The quantitative estimate of drug-likeness (QED) is 0.828. The van der Waals surface area contributed by atoms with Crippen LogP contribution in [-0.2, 0) is 6.54 Å². The zero-order chi connectivity index (χ0) is 13.0. The average molecular weight is 245 g/mol. The van der Waals surface area contributed by atoms with Gasteiger partial charge in [0, 0.05) is 5.56 Å². The molecule has 0 spiro atoms. The maximum atomic E-state index is 10.8. The standard InChI is InChI=1S/C14H15NO3/c1-2-15-9-12-6-7-13(18-12)10-4-3-5-11(8-10)14(16)17/h3-8,15H,2,9H2,1H3,(H,16,17). The van der Waals surface area contributed by atoms with Gasteiger partial charge in [0.2, 0.25) is 0 Å². The van der Waals surface area contributed by atoms with E-state index >= 15 is 0 Å². The lowest BCUT2D eigenvalue weighted by atomic mass is 10.1. The molecule has 0 saturated carbocycles. The number of hydrogen-bond donors (Lipinski definition) is 1. The molecule has 1 aromatic carbocycles. The van der Waals surface area contributed by atoms with E-state index in [-0.39, 0.29) is 5.56 Å². The zero-order valence-electron chi connectivity index (χ0n) is 10.2. The molecule has 0 aliphatic heterocycles. The number of carbonyl (C=O) groups is 1. The second-order valence-corrected chi connectivity index (χ2v) is 4.04. The van der Waals surface area contributed by atoms with E-state index in [1.54, 1.807) is 12.1 Å². The molecular weight excluding hydrogens is 230 g/mol. The first-order chi connectivity index (χ1) is 8.70. The molecule has 0 saturated heterocycles. The Bertz CT molecular complexity index is 545. The monoisotopic (exact) mass is 245 g/mol. The third-order valence-electron chi connectivity index (χ3n) is 2.68. The van der Waals surface area contributed by atoms with Gasteiger partial charge in [0.1, 0.15) is 12.3 Å². The second-order valence-electron chi connectivity index (χ2n) is 4.04. The van der Waals surface area contributed by atoms with Crippen LogP contribution in [-0.4, -0.2) is 12.5 Å². The van der Waals surface area contributed by atoms with E-state index < -0.39 is 5.97 Å². The fourth-order valence-corrected chi connectivity index (χ4v) is 1.73. The normalized spacial score (nSPS) is 10.5. The summed E-state index contributed by atoms with van der Waals surface area (Å²) in [6.45, 7) is 3.86. The summed E-state index contributed by atoms with van der Waals surface area (Å²) in [5, 5.41) is 12.9. The van der Waals surface area contributed by atoms with Crippen molar-refractivity contribution >= 4 is 5.97 Å². The van der Waals surface area contributed by atoms with Gasteiger partial charge in [-0.05, 0) is 30.7 Å². The molecule has 4 nitrogen and oxygen atoms in total. The number of furan rings is 1. The van der Waals surface area contributed by atoms with Crippen LogP contribution in [0.2, 0.25) is 0 Å². The Labute approximate surface area is 105 Å². The molecule has 0 fully saturated rings.